The standard InChI is InChI=1S/C70H52F2N2O2Si/c1-41-19-33-51(42(2)39-41)53-11-7-13-55-57-15-9-17-63(69(57)75-67(53)55)73(48-28-24-46(71)25-29-48)61-37-22-44-21-35-60-62(38-23-45-20-34-59(61)65(44)66(45)60)74(49-30-26-47(72)27-31-49)64-18-10-16-58-56-14-8-12-54(68(56)76-70(58)64)52-36-32-50(40-43(52)3)77(4,5)6/h7-40H,1-6H3. The number of nitrogens with zero attached hydrogens (tertiary/aromatic N) is 2. The predicted molar refractivity (Wildman–Crippen MR) is 322 cm³/mol. The van der Waals surface area contributed by atoms with E-state index in [0.717, 1.165) is 133 Å². The molecular formula is C70H52F2N2O2Si. The van der Waals surface area contributed by atoms with Crippen molar-refractivity contribution < 1.29 is 17.6 Å². The van der Waals surface area contributed by atoms with Crippen molar-refractivity contribution in [1.82, 2.24) is 0 Å². The van der Waals surface area contributed by atoms with Crippen LogP contribution in [0.5, 0.6) is 0 Å². The molecule has 372 valence electrons. The minimum absolute atomic E-state index is 0.315. The lowest BCUT2D eigenvalue weighted by atomic mass is 9.91. The van der Waals surface area contributed by atoms with Crippen molar-refractivity contribution in [3.05, 3.63) is 235 Å². The van der Waals surface area contributed by atoms with Crippen LogP contribution in [0.4, 0.5) is 42.9 Å². The summed E-state index contributed by atoms with van der Waals surface area (Å²) in [4.78, 5) is 4.42. The average molecular weight is 1020 g/mol. The maximum atomic E-state index is 15.0. The SMILES string of the molecule is Cc1ccc(-c2cccc3c2oc2c(N(c4ccc(F)cc4)c4ccc5ccc6c(N(c7ccc(F)cc7)c7cccc8c7oc7c(-c9ccc([Si](C)(C)C)cc9C)cccc78)ccc7ccc4c5c76)cccc23)c(C)c1. The smallest absolute Gasteiger partial charge is 0.159 e. The molecule has 0 amide bonds. The highest BCUT2D eigenvalue weighted by Crippen LogP contribution is 2.51. The van der Waals surface area contributed by atoms with Crippen LogP contribution in [0.3, 0.4) is 0 Å². The van der Waals surface area contributed by atoms with Crippen molar-refractivity contribution in [3.8, 4) is 22.3 Å². The van der Waals surface area contributed by atoms with E-state index in [4.69, 9.17) is 8.83 Å². The van der Waals surface area contributed by atoms with E-state index >= 15 is 0 Å². The number of anilines is 6. The van der Waals surface area contributed by atoms with E-state index in [9.17, 15) is 8.78 Å². The Balaban J connectivity index is 0.982. The molecule has 0 radical (unpaired) electrons. The molecule has 12 aromatic carbocycles. The highest BCUT2D eigenvalue weighted by Gasteiger charge is 2.27. The van der Waals surface area contributed by atoms with Gasteiger partial charge in [0.1, 0.15) is 22.8 Å². The Kier molecular flexibility index (Phi) is 10.6. The molecule has 0 N–H and O–H groups in total. The zero-order valence-corrected chi connectivity index (χ0v) is 44.6. The summed E-state index contributed by atoms with van der Waals surface area (Å²) in [6.07, 6.45) is 0. The van der Waals surface area contributed by atoms with Crippen molar-refractivity contribution in [2.45, 2.75) is 40.4 Å². The normalized spacial score (nSPS) is 12.2. The second-order valence-electron chi connectivity index (χ2n) is 21.7. The fourth-order valence-corrected chi connectivity index (χ4v) is 13.3. The number of furan rings is 2. The zero-order chi connectivity index (χ0) is 52.4. The summed E-state index contributed by atoms with van der Waals surface area (Å²) < 4.78 is 44.2. The monoisotopic (exact) mass is 1020 g/mol. The molecule has 0 aliphatic heterocycles. The fraction of sp³-hybridized carbons (Fsp3) is 0.0857. The molecule has 0 saturated carbocycles. The first-order chi connectivity index (χ1) is 37.4. The number of fused-ring (bicyclic) bond motifs is 6. The summed E-state index contributed by atoms with van der Waals surface area (Å²) in [6, 6.07) is 69.8. The molecule has 2 aromatic heterocycles. The van der Waals surface area contributed by atoms with Crippen LogP contribution < -0.4 is 15.0 Å². The highest BCUT2D eigenvalue weighted by molar-refractivity contribution is 6.88. The van der Waals surface area contributed by atoms with Gasteiger partial charge in [-0.05, 0) is 137 Å². The van der Waals surface area contributed by atoms with Gasteiger partial charge in [-0.2, -0.15) is 0 Å². The number of aryl methyl sites for hydroxylation is 3. The third-order valence-corrected chi connectivity index (χ3v) is 17.9. The number of benzene rings is 12. The minimum Gasteiger partial charge on any atom is -0.453 e. The highest BCUT2D eigenvalue weighted by atomic mass is 28.3. The second kappa shape index (κ2) is 17.5. The van der Waals surface area contributed by atoms with Crippen LogP contribution in [0.1, 0.15) is 16.7 Å². The molecule has 77 heavy (non-hydrogen) atoms. The van der Waals surface area contributed by atoms with E-state index in [-0.39, 0.29) is 11.6 Å². The van der Waals surface area contributed by atoms with Crippen LogP contribution >= 0.6 is 0 Å². The van der Waals surface area contributed by atoms with Crippen molar-refractivity contribution in [3.63, 3.8) is 0 Å². The topological polar surface area (TPSA) is 32.8 Å². The lowest BCUT2D eigenvalue weighted by Gasteiger charge is -2.29. The van der Waals surface area contributed by atoms with E-state index in [1.165, 1.54) is 46.1 Å². The summed E-state index contributed by atoms with van der Waals surface area (Å²) in [5.41, 5.74) is 16.1. The Hall–Kier alpha value is -9.04. The number of rotatable bonds is 9. The summed E-state index contributed by atoms with van der Waals surface area (Å²) in [5, 5.41) is 11.8. The largest absolute Gasteiger partial charge is 0.453 e. The first kappa shape index (κ1) is 46.5. The van der Waals surface area contributed by atoms with Gasteiger partial charge in [-0.1, -0.05) is 164 Å². The Morgan fingerprint density at radius 2 is 0.766 bits per heavy atom. The van der Waals surface area contributed by atoms with E-state index in [0.29, 0.717) is 0 Å². The van der Waals surface area contributed by atoms with Crippen molar-refractivity contribution >= 4 is 124 Å². The predicted octanol–water partition coefficient (Wildman–Crippen LogP) is 20.4. The summed E-state index contributed by atoms with van der Waals surface area (Å²) in [7, 11) is -1.53. The maximum absolute atomic E-state index is 15.0. The van der Waals surface area contributed by atoms with E-state index in [1.807, 2.05) is 24.3 Å². The van der Waals surface area contributed by atoms with Crippen LogP contribution in [0.25, 0.3) is 98.4 Å². The van der Waals surface area contributed by atoms with Gasteiger partial charge in [-0.3, -0.25) is 0 Å². The van der Waals surface area contributed by atoms with E-state index in [2.05, 4.69) is 208 Å². The Labute approximate surface area is 446 Å². The molecule has 0 fully saturated rings. The molecule has 0 spiro atoms. The van der Waals surface area contributed by atoms with Crippen LogP contribution in [0.2, 0.25) is 19.6 Å². The molecule has 0 atom stereocenters. The van der Waals surface area contributed by atoms with Gasteiger partial charge >= 0.3 is 0 Å². The molecular weight excluding hydrogens is 967 g/mol. The first-order valence-corrected chi connectivity index (χ1v) is 29.8. The van der Waals surface area contributed by atoms with Crippen LogP contribution in [-0.2, 0) is 0 Å². The maximum Gasteiger partial charge on any atom is 0.159 e. The lowest BCUT2D eigenvalue weighted by molar-refractivity contribution is 0.627. The zero-order valence-electron chi connectivity index (χ0n) is 43.6. The number of hydrogen-bond acceptors (Lipinski definition) is 4. The summed E-state index contributed by atoms with van der Waals surface area (Å²) >= 11 is 0. The minimum atomic E-state index is -1.53. The van der Waals surface area contributed by atoms with Crippen molar-refractivity contribution in [1.29, 1.82) is 0 Å². The number of hydrogen-bond donors (Lipinski definition) is 0. The van der Waals surface area contributed by atoms with Gasteiger partial charge in [-0.15, -0.1) is 0 Å². The number of halogens is 2. The van der Waals surface area contributed by atoms with E-state index < -0.39 is 8.07 Å². The molecule has 4 nitrogen and oxygen atoms in total. The van der Waals surface area contributed by atoms with Gasteiger partial charge in [0.05, 0.1) is 30.8 Å². The third-order valence-electron chi connectivity index (χ3n) is 15.8. The fourth-order valence-electron chi connectivity index (χ4n) is 12.1. The molecule has 0 bridgehead atoms. The molecule has 0 aliphatic rings. The summed E-state index contributed by atoms with van der Waals surface area (Å²) in [5.74, 6) is -0.632. The van der Waals surface area contributed by atoms with Crippen LogP contribution in [0, 0.1) is 32.4 Å². The molecule has 0 aliphatic carbocycles. The van der Waals surface area contributed by atoms with Gasteiger partial charge in [0.2, 0.25) is 0 Å². The second-order valence-corrected chi connectivity index (χ2v) is 26.8. The van der Waals surface area contributed by atoms with Crippen molar-refractivity contribution in [2.24, 2.45) is 0 Å². The van der Waals surface area contributed by atoms with Gasteiger partial charge in [0.25, 0.3) is 0 Å². The van der Waals surface area contributed by atoms with Crippen molar-refractivity contribution in [2.75, 3.05) is 9.80 Å². The van der Waals surface area contributed by atoms with Gasteiger partial charge in [-0.25, -0.2) is 8.78 Å². The number of para-hydroxylation sites is 4. The quantitative estimate of drug-likeness (QED) is 0.107. The van der Waals surface area contributed by atoms with Gasteiger partial charge < -0.3 is 18.6 Å². The lowest BCUT2D eigenvalue weighted by Crippen LogP contribution is -2.37. The Morgan fingerprint density at radius 3 is 1.21 bits per heavy atom. The molecule has 0 unspecified atom stereocenters. The molecule has 14 aromatic rings. The van der Waals surface area contributed by atoms with Gasteiger partial charge in [0, 0.05) is 54.8 Å². The van der Waals surface area contributed by atoms with Crippen LogP contribution in [-0.4, -0.2) is 8.07 Å². The summed E-state index contributed by atoms with van der Waals surface area (Å²) in [6.45, 7) is 13.6. The molecule has 2 heterocycles. The Morgan fingerprint density at radius 1 is 0.351 bits per heavy atom. The van der Waals surface area contributed by atoms with Crippen LogP contribution in [0.15, 0.2) is 215 Å². The van der Waals surface area contributed by atoms with Gasteiger partial charge in [0.15, 0.2) is 11.2 Å². The molecule has 7 heteroatoms. The first-order valence-electron chi connectivity index (χ1n) is 26.3. The average Bonchev–Trinajstić information content (AvgIpc) is 4.20. The van der Waals surface area contributed by atoms with E-state index in [1.54, 1.807) is 0 Å². The molecule has 0 saturated heterocycles. The third kappa shape index (κ3) is 7.43. The Bertz CT molecular complexity index is 4680. The molecule has 14 rings (SSSR count).